The zero-order chi connectivity index (χ0) is 16.3. The minimum Gasteiger partial charge on any atom is -0.465 e. The van der Waals surface area contributed by atoms with Crippen molar-refractivity contribution in [2.75, 3.05) is 26.2 Å². The summed E-state index contributed by atoms with van der Waals surface area (Å²) in [6.07, 6.45) is 1.22. The number of carbonyl (C=O) groups is 2. The number of amides is 2. The van der Waals surface area contributed by atoms with E-state index in [4.69, 9.17) is 5.11 Å². The van der Waals surface area contributed by atoms with Crippen LogP contribution in [-0.2, 0) is 11.2 Å². The summed E-state index contributed by atoms with van der Waals surface area (Å²) < 4.78 is 0. The largest absolute Gasteiger partial charge is 0.465 e. The first-order chi connectivity index (χ1) is 11.1. The summed E-state index contributed by atoms with van der Waals surface area (Å²) in [5, 5.41) is 14.7. The Kier molecular flexibility index (Phi) is 4.52. The smallest absolute Gasteiger partial charge is 0.405 e. The molecule has 2 heterocycles. The lowest BCUT2D eigenvalue weighted by atomic mass is 9.73. The van der Waals surface area contributed by atoms with Crippen LogP contribution < -0.4 is 10.6 Å². The van der Waals surface area contributed by atoms with Gasteiger partial charge in [-0.15, -0.1) is 0 Å². The van der Waals surface area contributed by atoms with E-state index < -0.39 is 12.1 Å². The highest BCUT2D eigenvalue weighted by atomic mass is 16.4. The molecule has 0 aliphatic carbocycles. The van der Waals surface area contributed by atoms with Gasteiger partial charge in [-0.3, -0.25) is 4.79 Å². The molecule has 0 unspecified atom stereocenters. The van der Waals surface area contributed by atoms with Gasteiger partial charge in [-0.1, -0.05) is 30.3 Å². The average molecular weight is 317 g/mol. The lowest BCUT2D eigenvalue weighted by Gasteiger charge is -2.48. The van der Waals surface area contributed by atoms with Crippen molar-refractivity contribution in [3.8, 4) is 0 Å². The number of nitrogens with one attached hydrogen (secondary N) is 2. The lowest BCUT2D eigenvalue weighted by molar-refractivity contribution is -0.136. The molecular formula is C17H23N3O3. The van der Waals surface area contributed by atoms with Crippen LogP contribution >= 0.6 is 0 Å². The Bertz CT molecular complexity index is 562. The second kappa shape index (κ2) is 6.58. The number of rotatable bonds is 4. The second-order valence-corrected chi connectivity index (χ2v) is 6.62. The first kappa shape index (κ1) is 15.8. The fraction of sp³-hybridized carbons (Fsp3) is 0.529. The highest BCUT2D eigenvalue weighted by Crippen LogP contribution is 2.35. The third kappa shape index (κ3) is 3.64. The topological polar surface area (TPSA) is 81.7 Å². The maximum absolute atomic E-state index is 12.7. The Labute approximate surface area is 135 Å². The lowest BCUT2D eigenvalue weighted by Crippen LogP contribution is -2.60. The number of carbonyl (C=O) groups excluding carboxylic acids is 1. The highest BCUT2D eigenvalue weighted by Gasteiger charge is 2.41. The molecule has 1 aromatic rings. The van der Waals surface area contributed by atoms with Crippen molar-refractivity contribution in [3.05, 3.63) is 35.9 Å². The Balaban J connectivity index is 1.64. The van der Waals surface area contributed by atoms with Crippen LogP contribution in [0.4, 0.5) is 4.79 Å². The fourth-order valence-electron chi connectivity index (χ4n) is 3.45. The Morgan fingerprint density at radius 1 is 1.22 bits per heavy atom. The van der Waals surface area contributed by atoms with Crippen LogP contribution in [0.15, 0.2) is 30.3 Å². The maximum atomic E-state index is 12.7. The molecule has 0 radical (unpaired) electrons. The molecule has 2 fully saturated rings. The van der Waals surface area contributed by atoms with Gasteiger partial charge >= 0.3 is 6.09 Å². The SMILES string of the molecule is O=C(O)N[C@H](Cc1ccccc1)C(=O)N1CCC2(CC1)CNC2. The van der Waals surface area contributed by atoms with Crippen LogP contribution in [0.1, 0.15) is 18.4 Å². The van der Waals surface area contributed by atoms with Gasteiger partial charge in [-0.2, -0.15) is 0 Å². The first-order valence-corrected chi connectivity index (χ1v) is 8.11. The predicted molar refractivity (Wildman–Crippen MR) is 86.2 cm³/mol. The van der Waals surface area contributed by atoms with Gasteiger partial charge in [0.15, 0.2) is 0 Å². The molecule has 6 nitrogen and oxygen atoms in total. The molecule has 1 spiro atoms. The molecule has 2 aliphatic rings. The van der Waals surface area contributed by atoms with Crippen LogP contribution in [0.25, 0.3) is 0 Å². The number of likely N-dealkylation sites (tertiary alicyclic amines) is 1. The van der Waals surface area contributed by atoms with E-state index in [-0.39, 0.29) is 5.91 Å². The van der Waals surface area contributed by atoms with Crippen molar-refractivity contribution >= 4 is 12.0 Å². The van der Waals surface area contributed by atoms with Gasteiger partial charge in [0, 0.05) is 32.6 Å². The number of hydrogen-bond acceptors (Lipinski definition) is 3. The summed E-state index contributed by atoms with van der Waals surface area (Å²) in [6, 6.07) is 8.80. The molecule has 0 bridgehead atoms. The van der Waals surface area contributed by atoms with E-state index in [1.807, 2.05) is 35.2 Å². The molecule has 2 saturated heterocycles. The van der Waals surface area contributed by atoms with Crippen molar-refractivity contribution in [3.63, 3.8) is 0 Å². The van der Waals surface area contributed by atoms with Crippen molar-refractivity contribution in [1.29, 1.82) is 0 Å². The van der Waals surface area contributed by atoms with Crippen LogP contribution in [0.5, 0.6) is 0 Å². The molecule has 2 aliphatic heterocycles. The van der Waals surface area contributed by atoms with E-state index in [9.17, 15) is 9.59 Å². The molecule has 1 atom stereocenters. The van der Waals surface area contributed by atoms with Crippen LogP contribution in [-0.4, -0.2) is 54.2 Å². The van der Waals surface area contributed by atoms with Gasteiger partial charge in [0.1, 0.15) is 6.04 Å². The fourth-order valence-corrected chi connectivity index (χ4v) is 3.45. The molecule has 3 N–H and O–H groups in total. The Hall–Kier alpha value is -2.08. The van der Waals surface area contributed by atoms with E-state index in [2.05, 4.69) is 10.6 Å². The second-order valence-electron chi connectivity index (χ2n) is 6.62. The summed E-state index contributed by atoms with van der Waals surface area (Å²) in [5.74, 6) is -0.113. The molecule has 1 aromatic carbocycles. The number of carboxylic acid groups (broad SMARTS) is 1. The van der Waals surface area contributed by atoms with E-state index >= 15 is 0 Å². The van der Waals surface area contributed by atoms with Gasteiger partial charge in [-0.05, 0) is 23.8 Å². The number of piperidine rings is 1. The van der Waals surface area contributed by atoms with Crippen LogP contribution in [0.2, 0.25) is 0 Å². The quantitative estimate of drug-likeness (QED) is 0.776. The molecule has 6 heteroatoms. The molecule has 124 valence electrons. The summed E-state index contributed by atoms with van der Waals surface area (Å²) in [7, 11) is 0. The van der Waals surface area contributed by atoms with E-state index in [0.29, 0.717) is 24.9 Å². The predicted octanol–water partition coefficient (Wildman–Crippen LogP) is 1.08. The van der Waals surface area contributed by atoms with Gasteiger partial charge < -0.3 is 20.6 Å². The third-order valence-electron chi connectivity index (χ3n) is 5.01. The summed E-state index contributed by atoms with van der Waals surface area (Å²) >= 11 is 0. The molecule has 0 saturated carbocycles. The zero-order valence-electron chi connectivity index (χ0n) is 13.1. The summed E-state index contributed by atoms with van der Waals surface area (Å²) in [5.41, 5.74) is 1.32. The highest BCUT2D eigenvalue weighted by molar-refractivity contribution is 5.85. The summed E-state index contributed by atoms with van der Waals surface area (Å²) in [6.45, 7) is 3.51. The normalized spacial score (nSPS) is 20.6. The van der Waals surface area contributed by atoms with E-state index in [1.165, 1.54) is 0 Å². The van der Waals surface area contributed by atoms with Gasteiger partial charge in [-0.25, -0.2) is 4.79 Å². The van der Waals surface area contributed by atoms with Gasteiger partial charge in [0.2, 0.25) is 5.91 Å². The molecule has 0 aromatic heterocycles. The molecule has 23 heavy (non-hydrogen) atoms. The number of benzene rings is 1. The van der Waals surface area contributed by atoms with Crippen LogP contribution in [0.3, 0.4) is 0 Å². The minimum absolute atomic E-state index is 0.113. The monoisotopic (exact) mass is 317 g/mol. The molecule has 2 amide bonds. The van der Waals surface area contributed by atoms with Crippen molar-refractivity contribution in [1.82, 2.24) is 15.5 Å². The van der Waals surface area contributed by atoms with E-state index in [1.54, 1.807) is 0 Å². The van der Waals surface area contributed by atoms with Crippen molar-refractivity contribution in [2.24, 2.45) is 5.41 Å². The summed E-state index contributed by atoms with van der Waals surface area (Å²) in [4.78, 5) is 25.6. The Morgan fingerprint density at radius 2 is 1.87 bits per heavy atom. The van der Waals surface area contributed by atoms with Crippen molar-refractivity contribution < 1.29 is 14.7 Å². The maximum Gasteiger partial charge on any atom is 0.405 e. The standard InChI is InChI=1S/C17H23N3O3/c21-15(20-8-6-17(7-9-20)11-18-12-17)14(19-16(22)23)10-13-4-2-1-3-5-13/h1-5,14,18-19H,6-12H2,(H,22,23)/t14-/m1/s1. The van der Waals surface area contributed by atoms with Crippen LogP contribution in [0, 0.1) is 5.41 Å². The molecule has 3 rings (SSSR count). The Morgan fingerprint density at radius 3 is 2.39 bits per heavy atom. The van der Waals surface area contributed by atoms with Crippen molar-refractivity contribution in [2.45, 2.75) is 25.3 Å². The zero-order valence-corrected chi connectivity index (χ0v) is 13.1. The van der Waals surface area contributed by atoms with Gasteiger partial charge in [0.25, 0.3) is 0 Å². The average Bonchev–Trinajstić information content (AvgIpc) is 2.53. The minimum atomic E-state index is -1.16. The molecular weight excluding hydrogens is 294 g/mol. The van der Waals surface area contributed by atoms with Gasteiger partial charge in [0.05, 0.1) is 0 Å². The number of hydrogen-bond donors (Lipinski definition) is 3. The van der Waals surface area contributed by atoms with E-state index in [0.717, 1.165) is 31.5 Å². The third-order valence-corrected chi connectivity index (χ3v) is 5.01. The first-order valence-electron chi connectivity index (χ1n) is 8.11. The number of nitrogens with zero attached hydrogens (tertiary/aromatic N) is 1.